The summed E-state index contributed by atoms with van der Waals surface area (Å²) in [5.41, 5.74) is 1.79. The number of ether oxygens (including phenoxy) is 1. The average molecular weight is 530 g/mol. The van der Waals surface area contributed by atoms with Gasteiger partial charge in [-0.3, -0.25) is 9.59 Å². The number of rotatable bonds is 11. The van der Waals surface area contributed by atoms with Crippen molar-refractivity contribution in [3.05, 3.63) is 59.7 Å². The summed E-state index contributed by atoms with van der Waals surface area (Å²) in [7, 11) is -3.69. The number of para-hydroxylation sites is 1. The average Bonchev–Trinajstić information content (AvgIpc) is 2.84. The summed E-state index contributed by atoms with van der Waals surface area (Å²) in [5.74, 6) is -0.421. The van der Waals surface area contributed by atoms with Crippen LogP contribution >= 0.6 is 0 Å². The maximum absolute atomic E-state index is 13.0. The third kappa shape index (κ3) is 8.49. The molecule has 2 aromatic rings. The van der Waals surface area contributed by atoms with Crippen molar-refractivity contribution >= 4 is 27.5 Å². The van der Waals surface area contributed by atoms with Gasteiger partial charge in [0.2, 0.25) is 15.9 Å². The van der Waals surface area contributed by atoms with E-state index in [4.69, 9.17) is 4.74 Å². The lowest BCUT2D eigenvalue weighted by Crippen LogP contribution is -2.48. The summed E-state index contributed by atoms with van der Waals surface area (Å²) in [6.45, 7) is 7.20. The van der Waals surface area contributed by atoms with E-state index < -0.39 is 21.5 Å². The molecule has 2 amide bonds. The number of anilines is 1. The minimum absolute atomic E-state index is 0.0616. The lowest BCUT2D eigenvalue weighted by Gasteiger charge is -2.32. The SMILES string of the molecule is CCCC(NC(=O)Cc1ccc(OC(C)(C)C(=O)NS(C)(=O)=O)cc1)c1ccccc1N1CCCCC1. The van der Waals surface area contributed by atoms with Crippen molar-refractivity contribution in [1.29, 1.82) is 0 Å². The molecular formula is C28H39N3O5S. The Morgan fingerprint density at radius 2 is 1.68 bits per heavy atom. The summed E-state index contributed by atoms with van der Waals surface area (Å²) in [5, 5.41) is 3.25. The van der Waals surface area contributed by atoms with Crippen LogP contribution in [0.2, 0.25) is 0 Å². The molecule has 1 saturated heterocycles. The molecule has 3 rings (SSSR count). The molecule has 0 aliphatic carbocycles. The second kappa shape index (κ2) is 12.4. The van der Waals surface area contributed by atoms with Crippen molar-refractivity contribution in [3.63, 3.8) is 0 Å². The summed E-state index contributed by atoms with van der Waals surface area (Å²) in [6, 6.07) is 15.2. The van der Waals surface area contributed by atoms with Crippen molar-refractivity contribution < 1.29 is 22.7 Å². The number of piperidine rings is 1. The highest BCUT2D eigenvalue weighted by Crippen LogP contribution is 2.31. The van der Waals surface area contributed by atoms with Crippen LogP contribution in [-0.2, 0) is 26.0 Å². The van der Waals surface area contributed by atoms with Gasteiger partial charge in [-0.1, -0.05) is 43.7 Å². The molecule has 9 heteroatoms. The standard InChI is InChI=1S/C28H39N3O5S/c1-5-11-24(23-12-7-8-13-25(23)31-18-9-6-10-19-31)29-26(32)20-21-14-16-22(17-15-21)36-28(2,3)27(33)30-37(4,34)35/h7-8,12-17,24H,5-6,9-11,18-20H2,1-4H3,(H,29,32)(H,30,33). The van der Waals surface area contributed by atoms with Crippen LogP contribution in [0.4, 0.5) is 5.69 Å². The number of amides is 2. The largest absolute Gasteiger partial charge is 0.478 e. The predicted octanol–water partition coefficient (Wildman–Crippen LogP) is 4.11. The van der Waals surface area contributed by atoms with Crippen LogP contribution in [0.15, 0.2) is 48.5 Å². The van der Waals surface area contributed by atoms with Gasteiger partial charge in [-0.15, -0.1) is 0 Å². The zero-order chi connectivity index (χ0) is 27.1. The molecule has 0 bridgehead atoms. The van der Waals surface area contributed by atoms with E-state index >= 15 is 0 Å². The van der Waals surface area contributed by atoms with Gasteiger partial charge in [0.05, 0.1) is 18.7 Å². The molecule has 37 heavy (non-hydrogen) atoms. The molecule has 0 spiro atoms. The Kier molecular flexibility index (Phi) is 9.59. The number of nitrogens with zero attached hydrogens (tertiary/aromatic N) is 1. The fraction of sp³-hybridized carbons (Fsp3) is 0.500. The Balaban J connectivity index is 1.65. The number of hydrogen-bond acceptors (Lipinski definition) is 6. The van der Waals surface area contributed by atoms with Crippen molar-refractivity contribution in [2.45, 2.75) is 70.9 Å². The van der Waals surface area contributed by atoms with Crippen molar-refractivity contribution in [3.8, 4) is 5.75 Å². The molecule has 1 aliphatic heterocycles. The van der Waals surface area contributed by atoms with Crippen LogP contribution in [0.25, 0.3) is 0 Å². The number of benzene rings is 2. The monoisotopic (exact) mass is 529 g/mol. The minimum Gasteiger partial charge on any atom is -0.478 e. The molecule has 1 fully saturated rings. The number of sulfonamides is 1. The molecule has 0 saturated carbocycles. The highest BCUT2D eigenvalue weighted by molar-refractivity contribution is 7.89. The summed E-state index contributed by atoms with van der Waals surface area (Å²) in [6.07, 6.45) is 6.59. The van der Waals surface area contributed by atoms with Crippen LogP contribution in [0.1, 0.15) is 70.0 Å². The highest BCUT2D eigenvalue weighted by atomic mass is 32.2. The summed E-state index contributed by atoms with van der Waals surface area (Å²) < 4.78 is 30.4. The summed E-state index contributed by atoms with van der Waals surface area (Å²) in [4.78, 5) is 27.7. The van der Waals surface area contributed by atoms with E-state index in [2.05, 4.69) is 35.3 Å². The Morgan fingerprint density at radius 1 is 1.03 bits per heavy atom. The first-order chi connectivity index (χ1) is 17.5. The van der Waals surface area contributed by atoms with E-state index in [-0.39, 0.29) is 18.4 Å². The first-order valence-electron chi connectivity index (χ1n) is 12.9. The molecule has 2 aromatic carbocycles. The maximum Gasteiger partial charge on any atom is 0.277 e. The zero-order valence-corrected chi connectivity index (χ0v) is 23.1. The number of nitrogens with one attached hydrogen (secondary N) is 2. The van der Waals surface area contributed by atoms with E-state index in [9.17, 15) is 18.0 Å². The Hall–Kier alpha value is -3.07. The van der Waals surface area contributed by atoms with Crippen LogP contribution in [0.5, 0.6) is 5.75 Å². The third-order valence-corrected chi connectivity index (χ3v) is 6.96. The minimum atomic E-state index is -3.69. The summed E-state index contributed by atoms with van der Waals surface area (Å²) >= 11 is 0. The van der Waals surface area contributed by atoms with Gasteiger partial charge in [0.25, 0.3) is 5.91 Å². The normalized spacial score (nSPS) is 15.1. The van der Waals surface area contributed by atoms with Crippen molar-refractivity contribution in [2.75, 3.05) is 24.2 Å². The molecule has 202 valence electrons. The maximum atomic E-state index is 13.0. The Bertz CT molecular complexity index is 1170. The third-order valence-electron chi connectivity index (χ3n) is 6.41. The number of carbonyl (C=O) groups excluding carboxylic acids is 2. The second-order valence-electron chi connectivity index (χ2n) is 10.2. The van der Waals surface area contributed by atoms with Gasteiger partial charge >= 0.3 is 0 Å². The fourth-order valence-electron chi connectivity index (χ4n) is 4.54. The van der Waals surface area contributed by atoms with E-state index in [0.29, 0.717) is 5.75 Å². The molecule has 0 aromatic heterocycles. The van der Waals surface area contributed by atoms with Gasteiger partial charge in [-0.05, 0) is 68.9 Å². The van der Waals surface area contributed by atoms with Gasteiger partial charge < -0.3 is 15.0 Å². The molecule has 1 aliphatic rings. The van der Waals surface area contributed by atoms with Gasteiger partial charge in [-0.2, -0.15) is 0 Å². The molecular weight excluding hydrogens is 490 g/mol. The molecule has 0 radical (unpaired) electrons. The molecule has 1 unspecified atom stereocenters. The molecule has 8 nitrogen and oxygen atoms in total. The first kappa shape index (κ1) is 28.5. The zero-order valence-electron chi connectivity index (χ0n) is 22.2. The van der Waals surface area contributed by atoms with Gasteiger partial charge in [0.1, 0.15) is 5.75 Å². The van der Waals surface area contributed by atoms with Crippen molar-refractivity contribution in [2.24, 2.45) is 0 Å². The van der Waals surface area contributed by atoms with Crippen molar-refractivity contribution in [1.82, 2.24) is 10.0 Å². The molecule has 1 heterocycles. The lowest BCUT2D eigenvalue weighted by molar-refractivity contribution is -0.132. The molecule has 1 atom stereocenters. The Labute approximate surface area is 220 Å². The van der Waals surface area contributed by atoms with E-state index in [1.54, 1.807) is 24.3 Å². The highest BCUT2D eigenvalue weighted by Gasteiger charge is 2.32. The quantitative estimate of drug-likeness (QED) is 0.454. The van der Waals surface area contributed by atoms with Crippen LogP contribution in [0, 0.1) is 0 Å². The topological polar surface area (TPSA) is 105 Å². The Morgan fingerprint density at radius 3 is 2.30 bits per heavy atom. The second-order valence-corrected chi connectivity index (χ2v) is 11.9. The number of hydrogen-bond donors (Lipinski definition) is 2. The first-order valence-corrected chi connectivity index (χ1v) is 14.8. The van der Waals surface area contributed by atoms with Gasteiger partial charge in [-0.25, -0.2) is 13.1 Å². The lowest BCUT2D eigenvalue weighted by atomic mass is 9.98. The fourth-order valence-corrected chi connectivity index (χ4v) is 5.12. The van der Waals surface area contributed by atoms with Gasteiger partial charge in [0.15, 0.2) is 5.60 Å². The van der Waals surface area contributed by atoms with Crippen LogP contribution in [0.3, 0.4) is 0 Å². The smallest absolute Gasteiger partial charge is 0.277 e. The van der Waals surface area contributed by atoms with E-state index in [1.807, 2.05) is 10.8 Å². The van der Waals surface area contributed by atoms with Crippen LogP contribution < -0.4 is 19.7 Å². The van der Waals surface area contributed by atoms with Gasteiger partial charge in [0, 0.05) is 18.8 Å². The predicted molar refractivity (Wildman–Crippen MR) is 146 cm³/mol. The molecule has 2 N–H and O–H groups in total. The van der Waals surface area contributed by atoms with E-state index in [0.717, 1.165) is 43.3 Å². The van der Waals surface area contributed by atoms with E-state index in [1.165, 1.54) is 38.8 Å². The number of carbonyl (C=O) groups is 2. The van der Waals surface area contributed by atoms with Crippen LogP contribution in [-0.4, -0.2) is 45.2 Å².